The van der Waals surface area contributed by atoms with Gasteiger partial charge < -0.3 is 10.5 Å². The molecule has 0 spiro atoms. The Morgan fingerprint density at radius 1 is 1.19 bits per heavy atom. The van der Waals surface area contributed by atoms with Gasteiger partial charge in [-0.3, -0.25) is 0 Å². The zero-order valence-electron chi connectivity index (χ0n) is 10.3. The topological polar surface area (TPSA) is 73.9 Å². The molecule has 1 rings (SSSR count). The zero-order valence-corrected chi connectivity index (χ0v) is 11.1. The largest absolute Gasteiger partial charge is 0.461 e. The van der Waals surface area contributed by atoms with Crippen molar-refractivity contribution in [1.82, 2.24) is 15.0 Å². The van der Waals surface area contributed by atoms with Crippen molar-refractivity contribution < 1.29 is 4.74 Å². The third kappa shape index (κ3) is 4.65. The maximum Gasteiger partial charge on any atom is 0.322 e. The Hall–Kier alpha value is -1.04. The van der Waals surface area contributed by atoms with Gasteiger partial charge in [0.15, 0.2) is 5.16 Å². The van der Waals surface area contributed by atoms with Gasteiger partial charge in [0.05, 0.1) is 6.10 Å². The van der Waals surface area contributed by atoms with Gasteiger partial charge in [0, 0.05) is 4.75 Å². The standard InChI is InChI=1S/C10H18N4OS/c1-6(2)15-8-12-7(11)13-9(14-8)16-10(3,4)5/h6H,1-5H3,(H2,11,12,13,14). The normalized spacial score (nSPS) is 11.9. The number of nitrogen functional groups attached to an aromatic ring is 1. The van der Waals surface area contributed by atoms with Gasteiger partial charge in [-0.1, -0.05) is 32.5 Å². The molecule has 0 saturated heterocycles. The Kier molecular flexibility index (Phi) is 3.96. The van der Waals surface area contributed by atoms with Crippen LogP contribution in [0.5, 0.6) is 6.01 Å². The number of aromatic nitrogens is 3. The summed E-state index contributed by atoms with van der Waals surface area (Å²) in [6.45, 7) is 10.1. The summed E-state index contributed by atoms with van der Waals surface area (Å²) in [5.41, 5.74) is 5.60. The van der Waals surface area contributed by atoms with Crippen molar-refractivity contribution in [2.24, 2.45) is 0 Å². The van der Waals surface area contributed by atoms with Gasteiger partial charge >= 0.3 is 6.01 Å². The molecule has 0 unspecified atom stereocenters. The third-order valence-corrected chi connectivity index (χ3v) is 2.33. The van der Waals surface area contributed by atoms with E-state index in [1.807, 2.05) is 13.8 Å². The molecule has 2 N–H and O–H groups in total. The zero-order chi connectivity index (χ0) is 12.3. The molecular weight excluding hydrogens is 224 g/mol. The summed E-state index contributed by atoms with van der Waals surface area (Å²) >= 11 is 1.53. The first-order valence-corrected chi connectivity index (χ1v) is 5.95. The molecule has 0 radical (unpaired) electrons. The lowest BCUT2D eigenvalue weighted by molar-refractivity contribution is 0.219. The number of hydrogen-bond donors (Lipinski definition) is 1. The number of nitrogens with two attached hydrogens (primary N) is 1. The molecule has 0 atom stereocenters. The Labute approximate surface area is 100 Å². The predicted octanol–water partition coefficient (Wildman–Crippen LogP) is 2.13. The molecule has 90 valence electrons. The summed E-state index contributed by atoms with van der Waals surface area (Å²) in [6, 6.07) is 0.286. The summed E-state index contributed by atoms with van der Waals surface area (Å²) in [5.74, 6) is 0.192. The Bertz CT molecular complexity index is 362. The van der Waals surface area contributed by atoms with Crippen molar-refractivity contribution in [2.75, 3.05) is 5.73 Å². The summed E-state index contributed by atoms with van der Waals surface area (Å²) in [6.07, 6.45) is 0.0225. The van der Waals surface area contributed by atoms with Crippen molar-refractivity contribution in [1.29, 1.82) is 0 Å². The Balaban J connectivity index is 2.90. The molecule has 0 aliphatic heterocycles. The fourth-order valence-corrected chi connectivity index (χ4v) is 1.75. The van der Waals surface area contributed by atoms with Crippen LogP contribution in [0.25, 0.3) is 0 Å². The van der Waals surface area contributed by atoms with Gasteiger partial charge in [0.25, 0.3) is 0 Å². The van der Waals surface area contributed by atoms with Gasteiger partial charge in [-0.2, -0.15) is 15.0 Å². The molecule has 1 heterocycles. The van der Waals surface area contributed by atoms with Crippen LogP contribution in [0.2, 0.25) is 0 Å². The van der Waals surface area contributed by atoms with Crippen LogP contribution in [0, 0.1) is 0 Å². The maximum absolute atomic E-state index is 5.60. The summed E-state index contributed by atoms with van der Waals surface area (Å²) in [5, 5.41) is 0.593. The van der Waals surface area contributed by atoms with Gasteiger partial charge in [-0.05, 0) is 13.8 Å². The first-order valence-electron chi connectivity index (χ1n) is 5.13. The van der Waals surface area contributed by atoms with Gasteiger partial charge in [0.2, 0.25) is 5.95 Å². The third-order valence-electron chi connectivity index (χ3n) is 1.35. The molecule has 0 aliphatic carbocycles. The molecule has 0 aromatic carbocycles. The molecule has 0 aliphatic rings. The van der Waals surface area contributed by atoms with Crippen LogP contribution >= 0.6 is 11.8 Å². The van der Waals surface area contributed by atoms with Crippen molar-refractivity contribution in [3.63, 3.8) is 0 Å². The van der Waals surface area contributed by atoms with Crippen molar-refractivity contribution in [2.45, 2.75) is 50.6 Å². The SMILES string of the molecule is CC(C)Oc1nc(N)nc(SC(C)(C)C)n1. The molecular formula is C10H18N4OS. The summed E-state index contributed by atoms with van der Waals surface area (Å²) < 4.78 is 5.43. The summed E-state index contributed by atoms with van der Waals surface area (Å²) in [7, 11) is 0. The molecule has 0 fully saturated rings. The van der Waals surface area contributed by atoms with Crippen molar-refractivity contribution in [3.8, 4) is 6.01 Å². The average molecular weight is 242 g/mol. The van der Waals surface area contributed by atoms with Crippen LogP contribution in [-0.2, 0) is 0 Å². The van der Waals surface area contributed by atoms with Crippen LogP contribution < -0.4 is 10.5 Å². The minimum absolute atomic E-state index is 0.0225. The maximum atomic E-state index is 5.60. The quantitative estimate of drug-likeness (QED) is 0.818. The van der Waals surface area contributed by atoms with E-state index >= 15 is 0 Å². The lowest BCUT2D eigenvalue weighted by atomic mass is 10.3. The van der Waals surface area contributed by atoms with Crippen molar-refractivity contribution >= 4 is 17.7 Å². The fourth-order valence-electron chi connectivity index (χ4n) is 0.936. The highest BCUT2D eigenvalue weighted by Gasteiger charge is 2.16. The molecule has 16 heavy (non-hydrogen) atoms. The minimum Gasteiger partial charge on any atom is -0.461 e. The van der Waals surface area contributed by atoms with E-state index in [1.54, 1.807) is 0 Å². The molecule has 6 heteroatoms. The molecule has 1 aromatic rings. The van der Waals surface area contributed by atoms with Gasteiger partial charge in [0.1, 0.15) is 0 Å². The second-order valence-corrected chi connectivity index (χ2v) is 6.43. The van der Waals surface area contributed by atoms with E-state index in [0.29, 0.717) is 5.16 Å². The van der Waals surface area contributed by atoms with E-state index in [-0.39, 0.29) is 22.8 Å². The second-order valence-electron chi connectivity index (χ2n) is 4.64. The van der Waals surface area contributed by atoms with E-state index < -0.39 is 0 Å². The Morgan fingerprint density at radius 3 is 2.31 bits per heavy atom. The monoisotopic (exact) mass is 242 g/mol. The lowest BCUT2D eigenvalue weighted by Crippen LogP contribution is -2.13. The van der Waals surface area contributed by atoms with E-state index in [9.17, 15) is 0 Å². The molecule has 1 aromatic heterocycles. The average Bonchev–Trinajstić information content (AvgIpc) is 1.96. The van der Waals surface area contributed by atoms with Crippen LogP contribution in [0.15, 0.2) is 5.16 Å². The highest BCUT2D eigenvalue weighted by atomic mass is 32.2. The first-order chi connectivity index (χ1) is 7.26. The first kappa shape index (κ1) is 13.0. The number of anilines is 1. The second kappa shape index (κ2) is 4.86. The Morgan fingerprint density at radius 2 is 1.81 bits per heavy atom. The number of thioether (sulfide) groups is 1. The van der Waals surface area contributed by atoms with E-state index in [1.165, 1.54) is 11.8 Å². The lowest BCUT2D eigenvalue weighted by Gasteiger charge is -2.16. The number of ether oxygens (including phenoxy) is 1. The van der Waals surface area contributed by atoms with Crippen LogP contribution in [0.4, 0.5) is 5.95 Å². The smallest absolute Gasteiger partial charge is 0.322 e. The van der Waals surface area contributed by atoms with E-state index in [0.717, 1.165) is 0 Å². The minimum atomic E-state index is 0.0225. The number of hydrogen-bond acceptors (Lipinski definition) is 6. The van der Waals surface area contributed by atoms with Crippen LogP contribution in [0.3, 0.4) is 0 Å². The number of nitrogens with zero attached hydrogens (tertiary/aromatic N) is 3. The highest BCUT2D eigenvalue weighted by Crippen LogP contribution is 2.30. The number of rotatable bonds is 3. The van der Waals surface area contributed by atoms with Crippen LogP contribution in [0.1, 0.15) is 34.6 Å². The molecule has 0 saturated carbocycles. The van der Waals surface area contributed by atoms with Gasteiger partial charge in [-0.25, -0.2) is 0 Å². The molecule has 0 bridgehead atoms. The predicted molar refractivity (Wildman–Crippen MR) is 65.6 cm³/mol. The van der Waals surface area contributed by atoms with Crippen LogP contribution in [-0.4, -0.2) is 25.8 Å². The molecule has 5 nitrogen and oxygen atoms in total. The van der Waals surface area contributed by atoms with Crippen molar-refractivity contribution in [3.05, 3.63) is 0 Å². The van der Waals surface area contributed by atoms with E-state index in [2.05, 4.69) is 35.7 Å². The highest BCUT2D eigenvalue weighted by molar-refractivity contribution is 8.00. The summed E-state index contributed by atoms with van der Waals surface area (Å²) in [4.78, 5) is 12.2. The van der Waals surface area contributed by atoms with Gasteiger partial charge in [-0.15, -0.1) is 0 Å². The van der Waals surface area contributed by atoms with E-state index in [4.69, 9.17) is 10.5 Å². The fraction of sp³-hybridized carbons (Fsp3) is 0.700. The molecule has 0 amide bonds.